The predicted molar refractivity (Wildman–Crippen MR) is 75.1 cm³/mol. The lowest BCUT2D eigenvalue weighted by molar-refractivity contribution is 0.663. The van der Waals surface area contributed by atoms with Gasteiger partial charge in [0.15, 0.2) is 5.82 Å². The van der Waals surface area contributed by atoms with Gasteiger partial charge < -0.3 is 5.32 Å². The number of aryl methyl sites for hydroxylation is 1. The van der Waals surface area contributed by atoms with E-state index < -0.39 is 0 Å². The molecule has 0 bridgehead atoms. The van der Waals surface area contributed by atoms with Crippen molar-refractivity contribution in [2.45, 2.75) is 39.7 Å². The van der Waals surface area contributed by atoms with Crippen LogP contribution in [0.2, 0.25) is 0 Å². The van der Waals surface area contributed by atoms with Gasteiger partial charge in [0.25, 0.3) is 0 Å². The second-order valence-electron chi connectivity index (χ2n) is 4.56. The van der Waals surface area contributed by atoms with Crippen molar-refractivity contribution in [2.75, 3.05) is 6.54 Å². The topological polar surface area (TPSA) is 55.6 Å². The fourth-order valence-corrected chi connectivity index (χ4v) is 1.94. The third kappa shape index (κ3) is 3.61. The first-order valence-corrected chi connectivity index (χ1v) is 6.92. The number of rotatable bonds is 7. The fourth-order valence-electron chi connectivity index (χ4n) is 1.94. The van der Waals surface area contributed by atoms with Gasteiger partial charge >= 0.3 is 0 Å². The molecule has 0 spiro atoms. The van der Waals surface area contributed by atoms with Crippen molar-refractivity contribution in [1.82, 2.24) is 25.5 Å². The van der Waals surface area contributed by atoms with E-state index in [-0.39, 0.29) is 0 Å². The first-order valence-electron chi connectivity index (χ1n) is 6.92. The van der Waals surface area contributed by atoms with Crippen LogP contribution >= 0.6 is 0 Å². The molecule has 1 N–H and O–H groups in total. The van der Waals surface area contributed by atoms with E-state index in [9.17, 15) is 0 Å². The van der Waals surface area contributed by atoms with Gasteiger partial charge in [-0.2, -0.15) is 4.68 Å². The first kappa shape index (κ1) is 13.7. The van der Waals surface area contributed by atoms with Gasteiger partial charge in [0.1, 0.15) is 0 Å². The van der Waals surface area contributed by atoms with Crippen molar-refractivity contribution in [1.29, 1.82) is 0 Å². The molecule has 2 aromatic rings. The average molecular weight is 259 g/mol. The molecule has 0 saturated heterocycles. The Balaban J connectivity index is 2.11. The van der Waals surface area contributed by atoms with Crippen LogP contribution in [0, 0.1) is 0 Å². The third-order valence-electron chi connectivity index (χ3n) is 3.07. The van der Waals surface area contributed by atoms with Crippen LogP contribution in [0.15, 0.2) is 24.3 Å². The Hall–Kier alpha value is -1.75. The van der Waals surface area contributed by atoms with Crippen molar-refractivity contribution >= 4 is 0 Å². The monoisotopic (exact) mass is 259 g/mol. The summed E-state index contributed by atoms with van der Waals surface area (Å²) in [6.45, 7) is 5.86. The van der Waals surface area contributed by atoms with Gasteiger partial charge in [-0.1, -0.05) is 32.4 Å². The molecule has 5 heteroatoms. The van der Waals surface area contributed by atoms with Crippen LogP contribution in [0.4, 0.5) is 0 Å². The van der Waals surface area contributed by atoms with Crippen molar-refractivity contribution in [3.8, 4) is 5.69 Å². The van der Waals surface area contributed by atoms with Gasteiger partial charge in [-0.15, -0.1) is 5.10 Å². The van der Waals surface area contributed by atoms with Crippen molar-refractivity contribution in [3.63, 3.8) is 0 Å². The minimum atomic E-state index is 0.682. The lowest BCUT2D eigenvalue weighted by atomic mass is 10.1. The van der Waals surface area contributed by atoms with E-state index >= 15 is 0 Å². The number of nitrogens with zero attached hydrogens (tertiary/aromatic N) is 4. The number of nitrogens with one attached hydrogen (secondary N) is 1. The Morgan fingerprint density at radius 2 is 1.95 bits per heavy atom. The quantitative estimate of drug-likeness (QED) is 0.827. The van der Waals surface area contributed by atoms with Crippen LogP contribution in [0.1, 0.15) is 38.1 Å². The zero-order valence-corrected chi connectivity index (χ0v) is 11.6. The van der Waals surface area contributed by atoms with Crippen molar-refractivity contribution in [2.24, 2.45) is 0 Å². The summed E-state index contributed by atoms with van der Waals surface area (Å²) >= 11 is 0. The van der Waals surface area contributed by atoms with E-state index in [1.807, 2.05) is 0 Å². The van der Waals surface area contributed by atoms with Crippen LogP contribution in [0.3, 0.4) is 0 Å². The first-order chi connectivity index (χ1) is 9.35. The maximum atomic E-state index is 4.05. The smallest absolute Gasteiger partial charge is 0.170 e. The summed E-state index contributed by atoms with van der Waals surface area (Å²) in [5.41, 5.74) is 2.38. The number of benzene rings is 1. The number of hydrogen-bond acceptors (Lipinski definition) is 4. The summed E-state index contributed by atoms with van der Waals surface area (Å²) in [7, 11) is 0. The highest BCUT2D eigenvalue weighted by molar-refractivity contribution is 5.34. The van der Waals surface area contributed by atoms with E-state index in [2.05, 4.69) is 59.0 Å². The molecule has 0 radical (unpaired) electrons. The van der Waals surface area contributed by atoms with Crippen LogP contribution in [-0.4, -0.2) is 26.8 Å². The predicted octanol–water partition coefficient (Wildman–Crippen LogP) is 2.11. The number of hydrogen-bond donors (Lipinski definition) is 1. The van der Waals surface area contributed by atoms with Gasteiger partial charge in [0.2, 0.25) is 0 Å². The van der Waals surface area contributed by atoms with Gasteiger partial charge in [-0.05, 0) is 47.5 Å². The molecule has 0 aliphatic heterocycles. The molecule has 0 atom stereocenters. The van der Waals surface area contributed by atoms with Gasteiger partial charge in [-0.3, -0.25) is 0 Å². The van der Waals surface area contributed by atoms with Gasteiger partial charge in [0.05, 0.1) is 12.2 Å². The molecular weight excluding hydrogens is 238 g/mol. The fraction of sp³-hybridized carbons (Fsp3) is 0.500. The Morgan fingerprint density at radius 1 is 1.16 bits per heavy atom. The normalized spacial score (nSPS) is 10.8. The number of tetrazole rings is 1. The molecule has 1 aromatic heterocycles. The summed E-state index contributed by atoms with van der Waals surface area (Å²) < 4.78 is 1.78. The summed E-state index contributed by atoms with van der Waals surface area (Å²) in [6.07, 6.45) is 3.59. The summed E-state index contributed by atoms with van der Waals surface area (Å²) in [6, 6.07) is 8.47. The molecular formula is C14H21N5. The van der Waals surface area contributed by atoms with Crippen LogP contribution in [0.25, 0.3) is 5.69 Å². The molecule has 19 heavy (non-hydrogen) atoms. The van der Waals surface area contributed by atoms with E-state index in [1.165, 1.54) is 18.4 Å². The number of unbranched alkanes of at least 4 members (excludes halogenated alkanes) is 1. The summed E-state index contributed by atoms with van der Waals surface area (Å²) in [4.78, 5) is 0. The van der Waals surface area contributed by atoms with Crippen LogP contribution in [0.5, 0.6) is 0 Å². The molecule has 1 aromatic carbocycles. The maximum absolute atomic E-state index is 4.05. The second-order valence-corrected chi connectivity index (χ2v) is 4.56. The van der Waals surface area contributed by atoms with E-state index in [0.717, 1.165) is 24.5 Å². The lowest BCUT2D eigenvalue weighted by Gasteiger charge is -2.06. The highest BCUT2D eigenvalue weighted by Crippen LogP contribution is 2.11. The molecule has 1 heterocycles. The average Bonchev–Trinajstić information content (AvgIpc) is 2.92. The molecule has 0 aliphatic carbocycles. The Labute approximate surface area is 114 Å². The third-order valence-corrected chi connectivity index (χ3v) is 3.07. The summed E-state index contributed by atoms with van der Waals surface area (Å²) in [5.74, 6) is 0.836. The molecule has 0 saturated carbocycles. The second kappa shape index (κ2) is 6.99. The zero-order valence-electron chi connectivity index (χ0n) is 11.6. The standard InChI is InChI=1S/C14H21N5/c1-3-5-6-12-7-9-13(10-8-12)19-14(11-15-4-2)16-17-18-19/h7-10,15H,3-6,11H2,1-2H3. The Morgan fingerprint density at radius 3 is 2.63 bits per heavy atom. The van der Waals surface area contributed by atoms with Crippen molar-refractivity contribution in [3.05, 3.63) is 35.7 Å². The summed E-state index contributed by atoms with van der Waals surface area (Å²) in [5, 5.41) is 15.1. The molecule has 0 amide bonds. The van der Waals surface area contributed by atoms with E-state index in [0.29, 0.717) is 6.54 Å². The molecule has 102 valence electrons. The zero-order chi connectivity index (χ0) is 13.5. The minimum Gasteiger partial charge on any atom is -0.310 e. The molecule has 2 rings (SSSR count). The van der Waals surface area contributed by atoms with Crippen LogP contribution < -0.4 is 5.32 Å². The molecule has 5 nitrogen and oxygen atoms in total. The molecule has 0 unspecified atom stereocenters. The lowest BCUT2D eigenvalue weighted by Crippen LogP contribution is -2.16. The van der Waals surface area contributed by atoms with E-state index in [4.69, 9.17) is 0 Å². The maximum Gasteiger partial charge on any atom is 0.170 e. The Bertz CT molecular complexity index is 489. The molecule has 0 fully saturated rings. The molecule has 0 aliphatic rings. The van der Waals surface area contributed by atoms with Gasteiger partial charge in [0, 0.05) is 0 Å². The van der Waals surface area contributed by atoms with E-state index in [1.54, 1.807) is 4.68 Å². The number of aromatic nitrogens is 4. The van der Waals surface area contributed by atoms with Gasteiger partial charge in [-0.25, -0.2) is 0 Å². The highest BCUT2D eigenvalue weighted by Gasteiger charge is 2.07. The van der Waals surface area contributed by atoms with Crippen molar-refractivity contribution < 1.29 is 0 Å². The highest BCUT2D eigenvalue weighted by atomic mass is 15.5. The van der Waals surface area contributed by atoms with Crippen LogP contribution in [-0.2, 0) is 13.0 Å². The Kier molecular flexibility index (Phi) is 5.03. The SMILES string of the molecule is CCCCc1ccc(-n2nnnc2CNCC)cc1. The largest absolute Gasteiger partial charge is 0.310 e. The minimum absolute atomic E-state index is 0.682.